The Morgan fingerprint density at radius 1 is 1.36 bits per heavy atom. The minimum atomic E-state index is -0.629. The van der Waals surface area contributed by atoms with E-state index in [9.17, 15) is 10.2 Å². The number of phenols is 1. The highest BCUT2D eigenvalue weighted by Crippen LogP contribution is 2.29. The van der Waals surface area contributed by atoms with Crippen LogP contribution in [0.1, 0.15) is 31.9 Å². The molecule has 0 aromatic heterocycles. The summed E-state index contributed by atoms with van der Waals surface area (Å²) < 4.78 is 5.27. The number of ether oxygens (including phenoxy) is 1. The van der Waals surface area contributed by atoms with Gasteiger partial charge in [-0.3, -0.25) is 0 Å². The van der Waals surface area contributed by atoms with E-state index in [1.165, 1.54) is 0 Å². The predicted molar refractivity (Wildman–Crippen MR) is 54.5 cm³/mol. The van der Waals surface area contributed by atoms with E-state index in [1.54, 1.807) is 18.2 Å². The smallest absolute Gasteiger partial charge is 0.121 e. The van der Waals surface area contributed by atoms with Crippen molar-refractivity contribution >= 4 is 0 Å². The van der Waals surface area contributed by atoms with E-state index in [1.807, 2.05) is 13.8 Å². The summed E-state index contributed by atoms with van der Waals surface area (Å²) in [5.41, 5.74) is 0.526. The second-order valence-electron chi connectivity index (χ2n) is 3.08. The zero-order valence-corrected chi connectivity index (χ0v) is 8.53. The van der Waals surface area contributed by atoms with Gasteiger partial charge in [0, 0.05) is 5.56 Å². The fourth-order valence-corrected chi connectivity index (χ4v) is 1.28. The van der Waals surface area contributed by atoms with Gasteiger partial charge < -0.3 is 14.9 Å². The van der Waals surface area contributed by atoms with Crippen LogP contribution in [-0.2, 0) is 0 Å². The van der Waals surface area contributed by atoms with E-state index in [4.69, 9.17) is 4.74 Å². The van der Waals surface area contributed by atoms with E-state index >= 15 is 0 Å². The molecule has 0 amide bonds. The largest absolute Gasteiger partial charge is 0.508 e. The van der Waals surface area contributed by atoms with Gasteiger partial charge in [0.05, 0.1) is 12.7 Å². The lowest BCUT2D eigenvalue weighted by molar-refractivity contribution is 0.169. The van der Waals surface area contributed by atoms with Crippen molar-refractivity contribution in [2.45, 2.75) is 26.4 Å². The Morgan fingerprint density at radius 3 is 2.64 bits per heavy atom. The quantitative estimate of drug-likeness (QED) is 0.776. The van der Waals surface area contributed by atoms with Crippen LogP contribution in [0.2, 0.25) is 0 Å². The molecule has 0 aliphatic carbocycles. The number of aliphatic hydroxyl groups excluding tert-OH is 1. The van der Waals surface area contributed by atoms with Crippen molar-refractivity contribution in [3.8, 4) is 11.5 Å². The summed E-state index contributed by atoms with van der Waals surface area (Å²) in [6.45, 7) is 4.33. The maximum Gasteiger partial charge on any atom is 0.121 e. The average molecular weight is 196 g/mol. The normalized spacial score (nSPS) is 12.5. The average Bonchev–Trinajstić information content (AvgIpc) is 2.20. The number of rotatable bonds is 4. The first kappa shape index (κ1) is 10.9. The molecule has 0 bridgehead atoms. The molecule has 1 rings (SSSR count). The molecular formula is C11H16O3. The molecule has 1 unspecified atom stereocenters. The molecule has 3 nitrogen and oxygen atoms in total. The summed E-state index contributed by atoms with van der Waals surface area (Å²) in [4.78, 5) is 0. The fourth-order valence-electron chi connectivity index (χ4n) is 1.28. The molecule has 0 radical (unpaired) electrons. The fraction of sp³-hybridized carbons (Fsp3) is 0.455. The molecule has 0 aliphatic rings. The molecule has 0 spiro atoms. The van der Waals surface area contributed by atoms with Crippen LogP contribution in [0.3, 0.4) is 0 Å². The van der Waals surface area contributed by atoms with Crippen LogP contribution < -0.4 is 4.74 Å². The van der Waals surface area contributed by atoms with Crippen molar-refractivity contribution in [1.82, 2.24) is 0 Å². The molecule has 0 saturated carbocycles. The third-order valence-corrected chi connectivity index (χ3v) is 2.06. The highest BCUT2D eigenvalue weighted by Gasteiger charge is 2.11. The third kappa shape index (κ3) is 2.39. The van der Waals surface area contributed by atoms with Gasteiger partial charge >= 0.3 is 0 Å². The van der Waals surface area contributed by atoms with Crippen molar-refractivity contribution in [2.75, 3.05) is 6.61 Å². The zero-order chi connectivity index (χ0) is 10.6. The van der Waals surface area contributed by atoms with Gasteiger partial charge in [-0.15, -0.1) is 0 Å². The van der Waals surface area contributed by atoms with Crippen molar-refractivity contribution in [3.05, 3.63) is 23.8 Å². The first-order valence-electron chi connectivity index (χ1n) is 4.82. The number of hydrogen-bond acceptors (Lipinski definition) is 3. The molecule has 14 heavy (non-hydrogen) atoms. The van der Waals surface area contributed by atoms with E-state index in [0.29, 0.717) is 24.3 Å². The molecule has 1 aromatic carbocycles. The Balaban J connectivity index is 2.95. The first-order chi connectivity index (χ1) is 6.69. The maximum atomic E-state index is 9.59. The van der Waals surface area contributed by atoms with E-state index in [-0.39, 0.29) is 5.75 Å². The number of benzene rings is 1. The van der Waals surface area contributed by atoms with Crippen LogP contribution in [0.5, 0.6) is 11.5 Å². The second kappa shape index (κ2) is 4.86. The monoisotopic (exact) mass is 196 g/mol. The van der Waals surface area contributed by atoms with Crippen molar-refractivity contribution < 1.29 is 14.9 Å². The lowest BCUT2D eigenvalue weighted by Crippen LogP contribution is -1.98. The predicted octanol–water partition coefficient (Wildman–Crippen LogP) is 2.23. The van der Waals surface area contributed by atoms with Crippen LogP contribution in [0.15, 0.2) is 18.2 Å². The van der Waals surface area contributed by atoms with Crippen LogP contribution in [0.4, 0.5) is 0 Å². The van der Waals surface area contributed by atoms with Gasteiger partial charge in [0.1, 0.15) is 11.5 Å². The van der Waals surface area contributed by atoms with Crippen molar-refractivity contribution in [1.29, 1.82) is 0 Å². The highest BCUT2D eigenvalue weighted by molar-refractivity contribution is 5.40. The molecule has 0 saturated heterocycles. The van der Waals surface area contributed by atoms with E-state index in [0.717, 1.165) is 0 Å². The van der Waals surface area contributed by atoms with Crippen LogP contribution in [-0.4, -0.2) is 16.8 Å². The topological polar surface area (TPSA) is 49.7 Å². The SMILES string of the molecule is CCOc1ccc(O)c(C(O)CC)c1. The maximum absolute atomic E-state index is 9.59. The molecule has 3 heteroatoms. The van der Waals surface area contributed by atoms with Gasteiger partial charge in [0.15, 0.2) is 0 Å². The molecule has 0 aliphatic heterocycles. The van der Waals surface area contributed by atoms with Gasteiger partial charge in [-0.1, -0.05) is 6.92 Å². The molecule has 0 fully saturated rings. The molecule has 1 aromatic rings. The molecular weight excluding hydrogens is 180 g/mol. The minimum absolute atomic E-state index is 0.114. The summed E-state index contributed by atoms with van der Waals surface area (Å²) >= 11 is 0. The summed E-state index contributed by atoms with van der Waals surface area (Å²) in [5, 5.41) is 19.1. The lowest BCUT2D eigenvalue weighted by Gasteiger charge is -2.12. The van der Waals surface area contributed by atoms with E-state index in [2.05, 4.69) is 0 Å². The molecule has 1 atom stereocenters. The van der Waals surface area contributed by atoms with Gasteiger partial charge in [-0.2, -0.15) is 0 Å². The van der Waals surface area contributed by atoms with Crippen molar-refractivity contribution in [3.63, 3.8) is 0 Å². The Morgan fingerprint density at radius 2 is 2.07 bits per heavy atom. The van der Waals surface area contributed by atoms with Gasteiger partial charge in [0.25, 0.3) is 0 Å². The number of phenolic OH excluding ortho intramolecular Hbond substituents is 1. The summed E-state index contributed by atoms with van der Waals surface area (Å²) in [7, 11) is 0. The Hall–Kier alpha value is -1.22. The van der Waals surface area contributed by atoms with Gasteiger partial charge in [0.2, 0.25) is 0 Å². The summed E-state index contributed by atoms with van der Waals surface area (Å²) in [5.74, 6) is 0.788. The Kier molecular flexibility index (Phi) is 3.77. The van der Waals surface area contributed by atoms with Gasteiger partial charge in [-0.05, 0) is 31.5 Å². The Bertz CT molecular complexity index is 297. The zero-order valence-electron chi connectivity index (χ0n) is 8.53. The van der Waals surface area contributed by atoms with E-state index < -0.39 is 6.10 Å². The lowest BCUT2D eigenvalue weighted by atomic mass is 10.1. The third-order valence-electron chi connectivity index (χ3n) is 2.06. The second-order valence-corrected chi connectivity index (χ2v) is 3.08. The molecule has 2 N–H and O–H groups in total. The number of aromatic hydroxyl groups is 1. The number of hydrogen-bond donors (Lipinski definition) is 2. The van der Waals surface area contributed by atoms with Crippen LogP contribution >= 0.6 is 0 Å². The Labute approximate surface area is 84.0 Å². The standard InChI is InChI=1S/C11H16O3/c1-3-10(12)9-7-8(14-4-2)5-6-11(9)13/h5-7,10,12-13H,3-4H2,1-2H3. The van der Waals surface area contributed by atoms with Crippen LogP contribution in [0.25, 0.3) is 0 Å². The molecule has 78 valence electrons. The summed E-state index contributed by atoms with van der Waals surface area (Å²) in [6.07, 6.45) is -0.0567. The summed E-state index contributed by atoms with van der Waals surface area (Å²) in [6, 6.07) is 4.90. The van der Waals surface area contributed by atoms with Crippen LogP contribution in [0, 0.1) is 0 Å². The highest BCUT2D eigenvalue weighted by atomic mass is 16.5. The molecule has 0 heterocycles. The minimum Gasteiger partial charge on any atom is -0.508 e. The van der Waals surface area contributed by atoms with Crippen molar-refractivity contribution in [2.24, 2.45) is 0 Å². The van der Waals surface area contributed by atoms with Gasteiger partial charge in [-0.25, -0.2) is 0 Å². The first-order valence-corrected chi connectivity index (χ1v) is 4.82. The number of aliphatic hydroxyl groups is 1.